The third kappa shape index (κ3) is 2.15. The lowest BCUT2D eigenvalue weighted by atomic mass is 9.87. The summed E-state index contributed by atoms with van der Waals surface area (Å²) in [5.41, 5.74) is 4.42. The van der Waals surface area contributed by atoms with E-state index in [1.54, 1.807) is 6.92 Å². The summed E-state index contributed by atoms with van der Waals surface area (Å²) in [4.78, 5) is 11.0. The largest absolute Gasteiger partial charge is 0.481 e. The molecule has 5 nitrogen and oxygen atoms in total. The van der Waals surface area contributed by atoms with Crippen LogP contribution in [0, 0.1) is 5.41 Å². The lowest BCUT2D eigenvalue weighted by molar-refractivity contribution is -0.147. The zero-order valence-electron chi connectivity index (χ0n) is 8.77. The highest BCUT2D eigenvalue weighted by Gasteiger charge is 2.47. The summed E-state index contributed by atoms with van der Waals surface area (Å²) in [6.07, 6.45) is 0.942. The topological polar surface area (TPSA) is 97.5 Å². The molecule has 1 aliphatic carbocycles. The molecule has 1 fully saturated rings. The zero-order chi connectivity index (χ0) is 11.7. The van der Waals surface area contributed by atoms with E-state index in [1.165, 1.54) is 0 Å². The van der Waals surface area contributed by atoms with Crippen molar-refractivity contribution in [3.05, 3.63) is 0 Å². The zero-order valence-corrected chi connectivity index (χ0v) is 9.59. The Morgan fingerprint density at radius 3 is 2.53 bits per heavy atom. The summed E-state index contributed by atoms with van der Waals surface area (Å²) in [6, 6.07) is 0. The monoisotopic (exact) mass is 235 g/mol. The van der Waals surface area contributed by atoms with Gasteiger partial charge < -0.3 is 10.8 Å². The van der Waals surface area contributed by atoms with E-state index in [-0.39, 0.29) is 18.7 Å². The first kappa shape index (κ1) is 12.4. The third-order valence-electron chi connectivity index (χ3n) is 3.32. The average Bonchev–Trinajstić information content (AvgIpc) is 2.63. The Labute approximate surface area is 89.6 Å². The van der Waals surface area contributed by atoms with Crippen molar-refractivity contribution in [2.75, 3.05) is 12.3 Å². The molecule has 15 heavy (non-hydrogen) atoms. The van der Waals surface area contributed by atoms with Crippen LogP contribution in [-0.2, 0) is 14.6 Å². The number of aliphatic carboxylic acids is 1. The third-order valence-corrected chi connectivity index (χ3v) is 5.54. The maximum atomic E-state index is 11.6. The highest BCUT2D eigenvalue weighted by molar-refractivity contribution is 7.92. The first-order valence-corrected chi connectivity index (χ1v) is 6.74. The molecule has 1 aliphatic rings. The summed E-state index contributed by atoms with van der Waals surface area (Å²) in [5, 5.41) is 8.52. The van der Waals surface area contributed by atoms with Crippen LogP contribution in [-0.4, -0.2) is 37.0 Å². The standard InChI is InChI=1S/C9H17NO4S/c1-2-15(13,14)7-3-4-9(5-7,6-10)8(11)12/h7H,2-6,10H2,1H3,(H,11,12)/t7-,9-/m0/s1. The number of nitrogens with two attached hydrogens (primary N) is 1. The number of rotatable bonds is 4. The van der Waals surface area contributed by atoms with Crippen LogP contribution in [0.4, 0.5) is 0 Å². The molecule has 2 atom stereocenters. The quantitative estimate of drug-likeness (QED) is 0.715. The second-order valence-electron chi connectivity index (χ2n) is 4.11. The molecule has 3 N–H and O–H groups in total. The van der Waals surface area contributed by atoms with Crippen LogP contribution >= 0.6 is 0 Å². The molecule has 0 aliphatic heterocycles. The van der Waals surface area contributed by atoms with E-state index >= 15 is 0 Å². The van der Waals surface area contributed by atoms with Crippen LogP contribution in [0.25, 0.3) is 0 Å². The lowest BCUT2D eigenvalue weighted by Gasteiger charge is -2.21. The maximum Gasteiger partial charge on any atom is 0.310 e. The van der Waals surface area contributed by atoms with E-state index in [1.807, 2.05) is 0 Å². The van der Waals surface area contributed by atoms with Crippen molar-refractivity contribution in [3.8, 4) is 0 Å². The highest BCUT2D eigenvalue weighted by Crippen LogP contribution is 2.40. The van der Waals surface area contributed by atoms with Gasteiger partial charge in [0.25, 0.3) is 0 Å². The van der Waals surface area contributed by atoms with Gasteiger partial charge in [-0.2, -0.15) is 0 Å². The summed E-state index contributed by atoms with van der Waals surface area (Å²) in [6.45, 7) is 1.59. The predicted molar refractivity (Wildman–Crippen MR) is 56.2 cm³/mol. The Kier molecular flexibility index (Phi) is 3.40. The fraction of sp³-hybridized carbons (Fsp3) is 0.889. The van der Waals surface area contributed by atoms with Crippen LogP contribution in [0.15, 0.2) is 0 Å². The van der Waals surface area contributed by atoms with Gasteiger partial charge in [-0.15, -0.1) is 0 Å². The van der Waals surface area contributed by atoms with Gasteiger partial charge in [0.1, 0.15) is 0 Å². The van der Waals surface area contributed by atoms with E-state index in [0.717, 1.165) is 0 Å². The van der Waals surface area contributed by atoms with Gasteiger partial charge in [-0.1, -0.05) is 6.92 Å². The van der Waals surface area contributed by atoms with Crippen molar-refractivity contribution < 1.29 is 18.3 Å². The van der Waals surface area contributed by atoms with Gasteiger partial charge in [0.05, 0.1) is 10.7 Å². The Bertz CT molecular complexity index is 351. The van der Waals surface area contributed by atoms with E-state index < -0.39 is 26.5 Å². The van der Waals surface area contributed by atoms with Crippen molar-refractivity contribution in [1.82, 2.24) is 0 Å². The van der Waals surface area contributed by atoms with Gasteiger partial charge in [0.15, 0.2) is 9.84 Å². The smallest absolute Gasteiger partial charge is 0.310 e. The van der Waals surface area contributed by atoms with Crippen LogP contribution in [0.2, 0.25) is 0 Å². The lowest BCUT2D eigenvalue weighted by Crippen LogP contribution is -2.37. The van der Waals surface area contributed by atoms with E-state index in [9.17, 15) is 13.2 Å². The molecule has 1 rings (SSSR count). The molecular formula is C9H17NO4S. The molecule has 88 valence electrons. The fourth-order valence-corrected chi connectivity index (χ4v) is 3.61. The van der Waals surface area contributed by atoms with Crippen molar-refractivity contribution in [1.29, 1.82) is 0 Å². The average molecular weight is 235 g/mol. The summed E-state index contributed by atoms with van der Waals surface area (Å²) >= 11 is 0. The molecule has 0 saturated heterocycles. The van der Waals surface area contributed by atoms with Gasteiger partial charge in [0, 0.05) is 12.3 Å². The van der Waals surface area contributed by atoms with E-state index in [2.05, 4.69) is 0 Å². The molecule has 0 aromatic heterocycles. The molecular weight excluding hydrogens is 218 g/mol. The van der Waals surface area contributed by atoms with Gasteiger partial charge in [0.2, 0.25) is 0 Å². The Morgan fingerprint density at radius 1 is 1.60 bits per heavy atom. The number of carboxylic acids is 1. The molecule has 0 bridgehead atoms. The molecule has 0 aromatic rings. The van der Waals surface area contributed by atoms with Crippen LogP contribution in [0.1, 0.15) is 26.2 Å². The Hall–Kier alpha value is -0.620. The minimum Gasteiger partial charge on any atom is -0.481 e. The summed E-state index contributed by atoms with van der Waals surface area (Å²) < 4.78 is 23.2. The minimum absolute atomic E-state index is 0.0120. The number of carboxylic acid groups (broad SMARTS) is 1. The molecule has 0 radical (unpaired) electrons. The van der Waals surface area contributed by atoms with Crippen molar-refractivity contribution in [2.45, 2.75) is 31.4 Å². The second kappa shape index (κ2) is 4.09. The van der Waals surface area contributed by atoms with Crippen LogP contribution in [0.3, 0.4) is 0 Å². The summed E-state index contributed by atoms with van der Waals surface area (Å²) in [5.74, 6) is -0.906. The van der Waals surface area contributed by atoms with Gasteiger partial charge >= 0.3 is 5.97 Å². The van der Waals surface area contributed by atoms with Crippen molar-refractivity contribution >= 4 is 15.8 Å². The Morgan fingerprint density at radius 2 is 2.20 bits per heavy atom. The molecule has 0 aromatic carbocycles. The number of sulfone groups is 1. The Balaban J connectivity index is 2.87. The van der Waals surface area contributed by atoms with Gasteiger partial charge in [-0.05, 0) is 19.3 Å². The van der Waals surface area contributed by atoms with Gasteiger partial charge in [-0.25, -0.2) is 8.42 Å². The van der Waals surface area contributed by atoms with Crippen molar-refractivity contribution in [2.24, 2.45) is 11.1 Å². The second-order valence-corrected chi connectivity index (χ2v) is 6.68. The fourth-order valence-electron chi connectivity index (χ4n) is 2.09. The molecule has 0 spiro atoms. The SMILES string of the molecule is CCS(=O)(=O)[C@H]1CC[C@](CN)(C(=O)O)C1. The normalized spacial score (nSPS) is 31.7. The summed E-state index contributed by atoms with van der Waals surface area (Å²) in [7, 11) is -3.13. The van der Waals surface area contributed by atoms with Crippen molar-refractivity contribution in [3.63, 3.8) is 0 Å². The predicted octanol–water partition coefficient (Wildman–Crippen LogP) is 0.00330. The first-order chi connectivity index (χ1) is 6.88. The van der Waals surface area contributed by atoms with Crippen LogP contribution in [0.5, 0.6) is 0 Å². The number of carbonyl (C=O) groups is 1. The molecule has 6 heteroatoms. The number of hydrogen-bond acceptors (Lipinski definition) is 4. The van der Waals surface area contributed by atoms with Gasteiger partial charge in [-0.3, -0.25) is 4.79 Å². The molecule has 0 heterocycles. The maximum absolute atomic E-state index is 11.6. The van der Waals surface area contributed by atoms with E-state index in [0.29, 0.717) is 12.8 Å². The minimum atomic E-state index is -3.13. The number of hydrogen-bond donors (Lipinski definition) is 2. The first-order valence-electron chi connectivity index (χ1n) is 5.03. The molecule has 0 unspecified atom stereocenters. The molecule has 1 saturated carbocycles. The molecule has 0 amide bonds. The van der Waals surface area contributed by atoms with Crippen LogP contribution < -0.4 is 5.73 Å². The highest BCUT2D eigenvalue weighted by atomic mass is 32.2. The van der Waals surface area contributed by atoms with E-state index in [4.69, 9.17) is 10.8 Å².